The fraction of sp³-hybridized carbons (Fsp3) is 0.857. The van der Waals surface area contributed by atoms with Crippen LogP contribution in [0.25, 0.3) is 0 Å². The summed E-state index contributed by atoms with van der Waals surface area (Å²) in [7, 11) is 2.15. The molecule has 0 spiro atoms. The van der Waals surface area contributed by atoms with Gasteiger partial charge >= 0.3 is 0 Å². The summed E-state index contributed by atoms with van der Waals surface area (Å²) in [5.74, 6) is 0. The molecule has 0 aromatic rings. The SMILES string of the molecule is CN1C2CC(=NO)CC1C2. The summed E-state index contributed by atoms with van der Waals surface area (Å²) in [5.41, 5.74) is 0.986. The van der Waals surface area contributed by atoms with Crippen molar-refractivity contribution >= 4 is 5.71 Å². The Kier molecular flexibility index (Phi) is 1.20. The summed E-state index contributed by atoms with van der Waals surface area (Å²) in [6.07, 6.45) is 3.25. The minimum Gasteiger partial charge on any atom is -0.411 e. The summed E-state index contributed by atoms with van der Waals surface area (Å²) >= 11 is 0. The van der Waals surface area contributed by atoms with Gasteiger partial charge in [0.2, 0.25) is 0 Å². The zero-order chi connectivity index (χ0) is 7.14. The molecule has 0 radical (unpaired) electrons. The first-order valence-corrected chi connectivity index (χ1v) is 3.73. The summed E-state index contributed by atoms with van der Waals surface area (Å²) < 4.78 is 0. The van der Waals surface area contributed by atoms with Gasteiger partial charge in [-0.1, -0.05) is 5.16 Å². The van der Waals surface area contributed by atoms with Crippen LogP contribution >= 0.6 is 0 Å². The van der Waals surface area contributed by atoms with Crippen LogP contribution in [0.3, 0.4) is 0 Å². The molecule has 0 aromatic carbocycles. The highest BCUT2D eigenvalue weighted by molar-refractivity contribution is 5.86. The van der Waals surface area contributed by atoms with Crippen molar-refractivity contribution in [2.24, 2.45) is 5.16 Å². The van der Waals surface area contributed by atoms with E-state index in [-0.39, 0.29) is 0 Å². The number of fused-ring (bicyclic) bond motifs is 2. The standard InChI is InChI=1S/C7H12N2O/c1-9-6-2-5(8-10)3-7(9)4-6/h6-7,10H,2-4H2,1H3. The molecule has 1 aliphatic carbocycles. The predicted molar refractivity (Wildman–Crippen MR) is 38.4 cm³/mol. The van der Waals surface area contributed by atoms with E-state index < -0.39 is 0 Å². The number of hydrogen-bond acceptors (Lipinski definition) is 3. The Bertz CT molecular complexity index is 164. The van der Waals surface area contributed by atoms with Gasteiger partial charge in [0.25, 0.3) is 0 Å². The first kappa shape index (κ1) is 6.16. The molecule has 0 aromatic heterocycles. The van der Waals surface area contributed by atoms with Gasteiger partial charge in [0.05, 0.1) is 5.71 Å². The van der Waals surface area contributed by atoms with Gasteiger partial charge in [-0.05, 0) is 13.5 Å². The van der Waals surface area contributed by atoms with Crippen LogP contribution in [-0.2, 0) is 0 Å². The van der Waals surface area contributed by atoms with E-state index in [1.165, 1.54) is 6.42 Å². The Balaban J connectivity index is 2.06. The summed E-state index contributed by atoms with van der Waals surface area (Å²) in [5, 5.41) is 11.7. The highest BCUT2D eigenvalue weighted by Gasteiger charge is 2.41. The zero-order valence-electron chi connectivity index (χ0n) is 6.12. The molecule has 0 amide bonds. The first-order valence-electron chi connectivity index (χ1n) is 3.73. The van der Waals surface area contributed by atoms with Gasteiger partial charge in [-0.15, -0.1) is 0 Å². The number of rotatable bonds is 0. The molecule has 3 aliphatic rings. The quantitative estimate of drug-likeness (QED) is 0.397. The lowest BCUT2D eigenvalue weighted by Crippen LogP contribution is -2.58. The van der Waals surface area contributed by atoms with Crippen LogP contribution in [0, 0.1) is 0 Å². The Morgan fingerprint density at radius 3 is 2.50 bits per heavy atom. The van der Waals surface area contributed by atoms with Crippen molar-refractivity contribution in [2.45, 2.75) is 31.3 Å². The largest absolute Gasteiger partial charge is 0.411 e. The van der Waals surface area contributed by atoms with Crippen molar-refractivity contribution in [3.8, 4) is 0 Å². The highest BCUT2D eigenvalue weighted by atomic mass is 16.4. The fourth-order valence-corrected chi connectivity index (χ4v) is 1.97. The molecule has 10 heavy (non-hydrogen) atoms. The molecule has 2 saturated heterocycles. The van der Waals surface area contributed by atoms with Crippen molar-refractivity contribution in [1.82, 2.24) is 4.90 Å². The molecule has 2 heterocycles. The molecule has 3 rings (SSSR count). The van der Waals surface area contributed by atoms with E-state index >= 15 is 0 Å². The summed E-state index contributed by atoms with van der Waals surface area (Å²) in [6.45, 7) is 0. The lowest BCUT2D eigenvalue weighted by molar-refractivity contribution is 0.0362. The van der Waals surface area contributed by atoms with E-state index in [4.69, 9.17) is 5.21 Å². The van der Waals surface area contributed by atoms with Gasteiger partial charge in [-0.2, -0.15) is 0 Å². The van der Waals surface area contributed by atoms with Crippen LogP contribution in [0.15, 0.2) is 5.16 Å². The normalized spacial score (nSPS) is 39.1. The number of oxime groups is 1. The molecular formula is C7H12N2O. The third-order valence-electron chi connectivity index (χ3n) is 2.78. The maximum absolute atomic E-state index is 8.49. The summed E-state index contributed by atoms with van der Waals surface area (Å²) in [6, 6.07) is 1.34. The minimum atomic E-state index is 0.671. The fourth-order valence-electron chi connectivity index (χ4n) is 1.97. The van der Waals surface area contributed by atoms with Gasteiger partial charge in [0, 0.05) is 24.9 Å². The van der Waals surface area contributed by atoms with E-state index in [1.54, 1.807) is 0 Å². The molecule has 2 bridgehead atoms. The van der Waals surface area contributed by atoms with Gasteiger partial charge in [-0.25, -0.2) is 0 Å². The third kappa shape index (κ3) is 0.669. The van der Waals surface area contributed by atoms with Crippen molar-refractivity contribution < 1.29 is 5.21 Å². The Hall–Kier alpha value is -0.570. The van der Waals surface area contributed by atoms with E-state index in [2.05, 4.69) is 17.1 Å². The maximum atomic E-state index is 8.49. The zero-order valence-corrected chi connectivity index (χ0v) is 6.12. The molecule has 1 saturated carbocycles. The number of piperidine rings is 1. The predicted octanol–water partition coefficient (Wildman–Crippen LogP) is 0.683. The first-order chi connectivity index (χ1) is 4.81. The second-order valence-electron chi connectivity index (χ2n) is 3.28. The van der Waals surface area contributed by atoms with E-state index in [0.29, 0.717) is 12.1 Å². The van der Waals surface area contributed by atoms with Crippen LogP contribution in [-0.4, -0.2) is 35.0 Å². The van der Waals surface area contributed by atoms with Gasteiger partial charge in [0.1, 0.15) is 0 Å². The van der Waals surface area contributed by atoms with Crippen molar-refractivity contribution in [3.05, 3.63) is 0 Å². The second kappa shape index (κ2) is 1.95. The van der Waals surface area contributed by atoms with E-state index in [1.807, 2.05) is 0 Å². The van der Waals surface area contributed by atoms with Crippen molar-refractivity contribution in [2.75, 3.05) is 7.05 Å². The lowest BCUT2D eigenvalue weighted by atomic mass is 9.79. The lowest BCUT2D eigenvalue weighted by Gasteiger charge is -2.50. The van der Waals surface area contributed by atoms with Crippen LogP contribution in [0.1, 0.15) is 19.3 Å². The monoisotopic (exact) mass is 140 g/mol. The second-order valence-corrected chi connectivity index (χ2v) is 3.28. The average molecular weight is 140 g/mol. The van der Waals surface area contributed by atoms with Gasteiger partial charge in [0.15, 0.2) is 0 Å². The Labute approximate surface area is 60.3 Å². The summed E-state index contributed by atoms with van der Waals surface area (Å²) in [4.78, 5) is 2.37. The van der Waals surface area contributed by atoms with E-state index in [9.17, 15) is 0 Å². The molecule has 56 valence electrons. The Morgan fingerprint density at radius 1 is 1.50 bits per heavy atom. The topological polar surface area (TPSA) is 35.8 Å². The highest BCUT2D eigenvalue weighted by Crippen LogP contribution is 2.34. The van der Waals surface area contributed by atoms with Crippen LogP contribution < -0.4 is 0 Å². The van der Waals surface area contributed by atoms with Crippen LogP contribution in [0.5, 0.6) is 0 Å². The number of nitrogens with zero attached hydrogens (tertiary/aromatic N) is 2. The smallest absolute Gasteiger partial charge is 0.0602 e. The molecule has 2 unspecified atom stereocenters. The van der Waals surface area contributed by atoms with Crippen molar-refractivity contribution in [1.29, 1.82) is 0 Å². The number of hydrogen-bond donors (Lipinski definition) is 1. The molecular weight excluding hydrogens is 128 g/mol. The molecule has 1 N–H and O–H groups in total. The maximum Gasteiger partial charge on any atom is 0.0602 e. The van der Waals surface area contributed by atoms with Gasteiger partial charge < -0.3 is 5.21 Å². The molecule has 3 fully saturated rings. The average Bonchev–Trinajstić information content (AvgIpc) is 2.04. The molecule has 3 nitrogen and oxygen atoms in total. The van der Waals surface area contributed by atoms with Crippen LogP contribution in [0.4, 0.5) is 0 Å². The third-order valence-corrected chi connectivity index (χ3v) is 2.78. The molecule has 3 heteroatoms. The Morgan fingerprint density at radius 2 is 2.10 bits per heavy atom. The van der Waals surface area contributed by atoms with Gasteiger partial charge in [-0.3, -0.25) is 4.90 Å². The van der Waals surface area contributed by atoms with Crippen LogP contribution in [0.2, 0.25) is 0 Å². The minimum absolute atomic E-state index is 0.671. The van der Waals surface area contributed by atoms with E-state index in [0.717, 1.165) is 18.6 Å². The molecule has 2 aliphatic heterocycles. The molecule has 2 atom stereocenters. The van der Waals surface area contributed by atoms with Crippen molar-refractivity contribution in [3.63, 3.8) is 0 Å².